The number of fused-ring (bicyclic) bond motifs is 2. The Balaban J connectivity index is 1.15. The van der Waals surface area contributed by atoms with Gasteiger partial charge in [0, 0.05) is 43.0 Å². The van der Waals surface area contributed by atoms with Crippen LogP contribution in [-0.2, 0) is 35.0 Å². The van der Waals surface area contributed by atoms with Gasteiger partial charge in [0.2, 0.25) is 5.85 Å². The first-order chi connectivity index (χ1) is 23.8. The molecule has 1 amide bonds. The number of rotatable bonds is 11. The van der Waals surface area contributed by atoms with Gasteiger partial charge >= 0.3 is 5.97 Å². The van der Waals surface area contributed by atoms with Crippen LogP contribution >= 0.6 is 23.2 Å². The zero-order valence-corrected chi connectivity index (χ0v) is 29.0. The summed E-state index contributed by atoms with van der Waals surface area (Å²) in [6.45, 7) is 4.75. The second kappa shape index (κ2) is 14.7. The number of hydrogen-bond acceptors (Lipinski definition) is 10. The molecule has 7 rings (SSSR count). The minimum atomic E-state index is -1.39. The number of nitrogens with one attached hydrogen (secondary N) is 1. The van der Waals surface area contributed by atoms with Crippen LogP contribution in [0.5, 0.6) is 0 Å². The normalized spacial score (nSPS) is 25.7. The number of nitrogens with zero attached hydrogens (tertiary/aromatic N) is 2. The van der Waals surface area contributed by atoms with Crippen LogP contribution in [0.2, 0.25) is 10.0 Å². The van der Waals surface area contributed by atoms with Crippen molar-refractivity contribution in [1.82, 2.24) is 9.80 Å². The molecule has 3 aromatic rings. The predicted molar refractivity (Wildman–Crippen MR) is 183 cm³/mol. The Kier molecular flexibility index (Phi) is 10.3. The monoisotopic (exact) mass is 713 g/mol. The first-order valence-corrected chi connectivity index (χ1v) is 17.9. The maximum absolute atomic E-state index is 14.9. The summed E-state index contributed by atoms with van der Waals surface area (Å²) in [5.74, 6) is -2.29. The molecule has 11 nitrogen and oxygen atoms in total. The van der Waals surface area contributed by atoms with Crippen molar-refractivity contribution >= 4 is 57.5 Å². The van der Waals surface area contributed by atoms with Gasteiger partial charge in [-0.15, -0.1) is 0 Å². The minimum Gasteiger partial charge on any atom is -0.466 e. The molecule has 1 N–H and O–H groups in total. The molecule has 1 aliphatic carbocycles. The molecule has 2 aromatic carbocycles. The van der Waals surface area contributed by atoms with Crippen molar-refractivity contribution in [2.24, 2.45) is 5.92 Å². The van der Waals surface area contributed by atoms with E-state index in [4.69, 9.17) is 46.6 Å². The van der Waals surface area contributed by atoms with Gasteiger partial charge in [0.05, 0.1) is 34.9 Å². The number of esters is 1. The number of benzene rings is 2. The van der Waals surface area contributed by atoms with Gasteiger partial charge in [0.15, 0.2) is 5.78 Å². The maximum atomic E-state index is 14.9. The SMILES string of the molecule is CCOC(=O)[C@H]1CC[C@H](OC(C(=O)Cc2cc(Cl)c(NC(=O)c3coc4ccccc34)cc2Cl)(N2CCCC2)N2C[C@@H]3OCO[C@@H]3C2)CC1. The van der Waals surface area contributed by atoms with Gasteiger partial charge in [-0.2, -0.15) is 0 Å². The van der Waals surface area contributed by atoms with Crippen LogP contribution in [0.3, 0.4) is 0 Å². The molecule has 0 spiro atoms. The molecule has 1 saturated carbocycles. The summed E-state index contributed by atoms with van der Waals surface area (Å²) in [7, 11) is 0. The van der Waals surface area contributed by atoms with Crippen molar-refractivity contribution < 1.29 is 37.7 Å². The Morgan fingerprint density at radius 2 is 1.67 bits per heavy atom. The number of ether oxygens (including phenoxy) is 4. The topological polar surface area (TPSA) is 120 Å². The number of halogens is 2. The van der Waals surface area contributed by atoms with Gasteiger partial charge in [0.25, 0.3) is 5.91 Å². The molecule has 1 aromatic heterocycles. The number of amides is 1. The van der Waals surface area contributed by atoms with Crippen LogP contribution in [-0.4, -0.2) is 91.2 Å². The van der Waals surface area contributed by atoms with Crippen LogP contribution in [0.4, 0.5) is 5.69 Å². The summed E-state index contributed by atoms with van der Waals surface area (Å²) in [6, 6.07) is 10.5. The molecule has 0 radical (unpaired) electrons. The molecular formula is C36H41Cl2N3O8. The Morgan fingerprint density at radius 1 is 0.959 bits per heavy atom. The number of carbonyl (C=O) groups is 3. The highest BCUT2D eigenvalue weighted by Gasteiger charge is 2.57. The fraction of sp³-hybridized carbons (Fsp3) is 0.528. The Bertz CT molecular complexity index is 1690. The second-order valence-electron chi connectivity index (χ2n) is 13.2. The van der Waals surface area contributed by atoms with Gasteiger partial charge in [0.1, 0.15) is 30.8 Å². The van der Waals surface area contributed by atoms with Crippen LogP contribution in [0.25, 0.3) is 11.0 Å². The molecular weight excluding hydrogens is 673 g/mol. The number of anilines is 1. The Labute approximate surface area is 295 Å². The molecule has 4 fully saturated rings. The Morgan fingerprint density at radius 3 is 2.39 bits per heavy atom. The van der Waals surface area contributed by atoms with Gasteiger partial charge in [-0.05, 0) is 69.2 Å². The fourth-order valence-corrected chi connectivity index (χ4v) is 8.14. The van der Waals surface area contributed by atoms with Crippen molar-refractivity contribution in [3.05, 3.63) is 63.8 Å². The average molecular weight is 715 g/mol. The lowest BCUT2D eigenvalue weighted by Crippen LogP contribution is -2.68. The highest BCUT2D eigenvalue weighted by atomic mass is 35.5. The van der Waals surface area contributed by atoms with E-state index < -0.39 is 11.8 Å². The summed E-state index contributed by atoms with van der Waals surface area (Å²) in [4.78, 5) is 44.8. The number of likely N-dealkylation sites (tertiary alicyclic amines) is 2. The van der Waals surface area contributed by atoms with Crippen molar-refractivity contribution in [2.75, 3.05) is 44.9 Å². The molecule has 3 atom stereocenters. The Hall–Kier alpha value is -3.03. The molecule has 0 bridgehead atoms. The summed E-state index contributed by atoms with van der Waals surface area (Å²) >= 11 is 13.6. The quantitative estimate of drug-likeness (QED) is 0.235. The van der Waals surface area contributed by atoms with Crippen LogP contribution in [0.15, 0.2) is 47.1 Å². The molecule has 4 heterocycles. The summed E-state index contributed by atoms with van der Waals surface area (Å²) in [6.07, 6.45) is 5.20. The lowest BCUT2D eigenvalue weighted by atomic mass is 9.87. The number of Topliss-reactive ketones (excluding diaryl/α,β-unsaturated/α-hetero) is 1. The second-order valence-corrected chi connectivity index (χ2v) is 14.0. The van der Waals surface area contributed by atoms with Crippen LogP contribution in [0.1, 0.15) is 61.4 Å². The summed E-state index contributed by atoms with van der Waals surface area (Å²) in [5.41, 5.74) is 1.81. The maximum Gasteiger partial charge on any atom is 0.308 e. The van der Waals surface area contributed by atoms with E-state index in [0.717, 1.165) is 12.8 Å². The predicted octanol–water partition coefficient (Wildman–Crippen LogP) is 6.05. The number of ketones is 1. The third kappa shape index (κ3) is 6.87. The zero-order valence-electron chi connectivity index (χ0n) is 27.5. The van der Waals surface area contributed by atoms with E-state index in [0.29, 0.717) is 91.3 Å². The van der Waals surface area contributed by atoms with Crippen molar-refractivity contribution in [3.8, 4) is 0 Å². The van der Waals surface area contributed by atoms with E-state index in [1.54, 1.807) is 18.2 Å². The smallest absolute Gasteiger partial charge is 0.308 e. The number of furan rings is 1. The van der Waals surface area contributed by atoms with Crippen molar-refractivity contribution in [1.29, 1.82) is 0 Å². The van der Waals surface area contributed by atoms with Gasteiger partial charge in [-0.1, -0.05) is 41.4 Å². The largest absolute Gasteiger partial charge is 0.466 e. The van der Waals surface area contributed by atoms with Crippen molar-refractivity contribution in [2.45, 2.75) is 76.0 Å². The number of hydrogen-bond donors (Lipinski definition) is 1. The first-order valence-electron chi connectivity index (χ1n) is 17.1. The molecule has 4 aliphatic rings. The molecule has 3 saturated heterocycles. The average Bonchev–Trinajstić information content (AvgIpc) is 3.91. The molecule has 262 valence electrons. The third-order valence-electron chi connectivity index (χ3n) is 10.2. The van der Waals surface area contributed by atoms with Gasteiger partial charge in [-0.25, -0.2) is 0 Å². The standard InChI is InChI=1S/C36H41Cl2N3O8/c1-2-45-35(44)22-9-11-24(12-10-22)49-36(40-13-5-6-14-40,41-18-31-32(19-41)48-21-47-31)33(42)16-23-15-28(38)29(17-27(23)37)39-34(43)26-20-46-30-8-4-3-7-25(26)30/h3-4,7-8,15,17,20,22,24,31-32H,2,5-6,9-14,16,18-19,21H2,1H3,(H,39,43)/t22-,24-,31-,32+,36?. The molecule has 1 unspecified atom stereocenters. The van der Waals surface area contributed by atoms with Crippen LogP contribution in [0, 0.1) is 5.92 Å². The molecule has 13 heteroatoms. The van der Waals surface area contributed by atoms with Crippen LogP contribution < -0.4 is 5.32 Å². The molecule has 3 aliphatic heterocycles. The van der Waals surface area contributed by atoms with Crippen molar-refractivity contribution in [3.63, 3.8) is 0 Å². The minimum absolute atomic E-state index is 0.0542. The zero-order chi connectivity index (χ0) is 34.1. The fourth-order valence-electron chi connectivity index (χ4n) is 7.67. The number of carbonyl (C=O) groups excluding carboxylic acids is 3. The van der Waals surface area contributed by atoms with E-state index in [1.807, 2.05) is 25.1 Å². The lowest BCUT2D eigenvalue weighted by Gasteiger charge is -2.48. The number of para-hydroxylation sites is 1. The lowest BCUT2D eigenvalue weighted by molar-refractivity contribution is -0.255. The van der Waals surface area contributed by atoms with E-state index in [-0.39, 0.29) is 54.2 Å². The highest BCUT2D eigenvalue weighted by Crippen LogP contribution is 2.40. The summed E-state index contributed by atoms with van der Waals surface area (Å²) < 4.78 is 29.6. The third-order valence-corrected chi connectivity index (χ3v) is 10.9. The van der Waals surface area contributed by atoms with Gasteiger partial charge < -0.3 is 28.7 Å². The van der Waals surface area contributed by atoms with E-state index >= 15 is 0 Å². The summed E-state index contributed by atoms with van der Waals surface area (Å²) in [5, 5.41) is 4.06. The van der Waals surface area contributed by atoms with E-state index in [9.17, 15) is 14.4 Å². The van der Waals surface area contributed by atoms with E-state index in [1.165, 1.54) is 6.26 Å². The molecule has 49 heavy (non-hydrogen) atoms. The van der Waals surface area contributed by atoms with E-state index in [2.05, 4.69) is 15.1 Å². The first kappa shape index (κ1) is 34.4. The van der Waals surface area contributed by atoms with Gasteiger partial charge in [-0.3, -0.25) is 24.2 Å². The highest BCUT2D eigenvalue weighted by molar-refractivity contribution is 6.36.